The molecule has 6 nitrogen and oxygen atoms in total. The maximum Gasteiger partial charge on any atom is 0.289 e. The Morgan fingerprint density at radius 1 is 1.45 bits per heavy atom. The van der Waals surface area contributed by atoms with E-state index in [0.29, 0.717) is 6.54 Å². The van der Waals surface area contributed by atoms with Crippen LogP contribution in [0, 0.1) is 0 Å². The summed E-state index contributed by atoms with van der Waals surface area (Å²) in [5.74, 6) is -0.301. The van der Waals surface area contributed by atoms with Gasteiger partial charge >= 0.3 is 0 Å². The van der Waals surface area contributed by atoms with Crippen LogP contribution < -0.4 is 5.14 Å². The SMILES string of the molecule is CC1CCCCCN1C(=O)c1cc(S(N)(=O)=O)c(Br)o1. The average molecular weight is 365 g/mol. The Kier molecular flexibility index (Phi) is 4.55. The molecule has 1 atom stereocenters. The van der Waals surface area contributed by atoms with Crippen molar-refractivity contribution in [3.05, 3.63) is 16.5 Å². The molecule has 0 spiro atoms. The summed E-state index contributed by atoms with van der Waals surface area (Å²) in [7, 11) is -3.91. The normalized spacial score (nSPS) is 20.8. The van der Waals surface area contributed by atoms with Gasteiger partial charge in [-0.2, -0.15) is 0 Å². The maximum atomic E-state index is 12.4. The lowest BCUT2D eigenvalue weighted by Gasteiger charge is -2.26. The molecule has 1 unspecified atom stereocenters. The molecular formula is C12H17BrN2O4S. The molecule has 112 valence electrons. The summed E-state index contributed by atoms with van der Waals surface area (Å²) in [6.07, 6.45) is 4.07. The summed E-state index contributed by atoms with van der Waals surface area (Å²) in [6.45, 7) is 2.64. The van der Waals surface area contributed by atoms with Gasteiger partial charge in [0.15, 0.2) is 10.4 Å². The molecule has 20 heavy (non-hydrogen) atoms. The number of carbonyl (C=O) groups is 1. The molecule has 2 rings (SSSR count). The van der Waals surface area contributed by atoms with E-state index in [1.165, 1.54) is 6.07 Å². The van der Waals surface area contributed by atoms with E-state index < -0.39 is 10.0 Å². The zero-order valence-electron chi connectivity index (χ0n) is 11.1. The van der Waals surface area contributed by atoms with E-state index in [1.807, 2.05) is 6.92 Å². The van der Waals surface area contributed by atoms with Crippen molar-refractivity contribution >= 4 is 31.9 Å². The van der Waals surface area contributed by atoms with Gasteiger partial charge in [0.2, 0.25) is 10.0 Å². The zero-order chi connectivity index (χ0) is 14.9. The minimum absolute atomic E-state index is 0.00495. The fraction of sp³-hybridized carbons (Fsp3) is 0.583. The number of hydrogen-bond acceptors (Lipinski definition) is 4. The van der Waals surface area contributed by atoms with Gasteiger partial charge in [-0.05, 0) is 35.7 Å². The van der Waals surface area contributed by atoms with Crippen LogP contribution >= 0.6 is 15.9 Å². The number of halogens is 1. The fourth-order valence-electron chi connectivity index (χ4n) is 2.37. The number of amides is 1. The number of rotatable bonds is 2. The second kappa shape index (κ2) is 5.87. The Bertz CT molecular complexity index is 611. The molecule has 0 aromatic carbocycles. The first kappa shape index (κ1) is 15.5. The molecule has 0 radical (unpaired) electrons. The minimum Gasteiger partial charge on any atom is -0.443 e. The highest BCUT2D eigenvalue weighted by Gasteiger charge is 2.28. The number of nitrogens with two attached hydrogens (primary N) is 1. The van der Waals surface area contributed by atoms with Gasteiger partial charge < -0.3 is 9.32 Å². The molecule has 1 aromatic rings. The molecule has 2 heterocycles. The number of sulfonamides is 1. The molecule has 1 aromatic heterocycles. The molecule has 8 heteroatoms. The molecule has 1 amide bonds. The summed E-state index contributed by atoms with van der Waals surface area (Å²) < 4.78 is 27.9. The average Bonchev–Trinajstić information content (AvgIpc) is 2.62. The smallest absolute Gasteiger partial charge is 0.289 e. The van der Waals surface area contributed by atoms with Crippen LogP contribution in [0.3, 0.4) is 0 Å². The Morgan fingerprint density at radius 2 is 2.15 bits per heavy atom. The molecule has 1 aliphatic rings. The van der Waals surface area contributed by atoms with E-state index in [4.69, 9.17) is 9.56 Å². The number of likely N-dealkylation sites (tertiary alicyclic amines) is 1. The van der Waals surface area contributed by atoms with Gasteiger partial charge in [0, 0.05) is 18.7 Å². The predicted molar refractivity (Wildman–Crippen MR) is 76.7 cm³/mol. The minimum atomic E-state index is -3.91. The third-order valence-electron chi connectivity index (χ3n) is 3.49. The quantitative estimate of drug-likeness (QED) is 0.869. The largest absolute Gasteiger partial charge is 0.443 e. The molecule has 0 aliphatic carbocycles. The van der Waals surface area contributed by atoms with Crippen LogP contribution in [0.2, 0.25) is 0 Å². The molecular weight excluding hydrogens is 348 g/mol. The van der Waals surface area contributed by atoms with Crippen LogP contribution in [0.5, 0.6) is 0 Å². The van der Waals surface area contributed by atoms with Crippen molar-refractivity contribution in [2.75, 3.05) is 6.54 Å². The zero-order valence-corrected chi connectivity index (χ0v) is 13.5. The standard InChI is InChI=1S/C12H17BrN2O4S/c1-8-5-3-2-4-6-15(8)12(16)9-7-10(11(13)19-9)20(14,17)18/h7-8H,2-6H2,1H3,(H2,14,17,18). The summed E-state index contributed by atoms with van der Waals surface area (Å²) in [5.41, 5.74) is 0. The van der Waals surface area contributed by atoms with Crippen LogP contribution in [0.1, 0.15) is 43.2 Å². The van der Waals surface area contributed by atoms with E-state index in [9.17, 15) is 13.2 Å². The van der Waals surface area contributed by atoms with Gasteiger partial charge in [0.1, 0.15) is 4.90 Å². The van der Waals surface area contributed by atoms with E-state index in [-0.39, 0.29) is 27.3 Å². The second-order valence-electron chi connectivity index (χ2n) is 4.99. The van der Waals surface area contributed by atoms with Crippen molar-refractivity contribution < 1.29 is 17.6 Å². The lowest BCUT2D eigenvalue weighted by atomic mass is 10.1. The highest BCUT2D eigenvalue weighted by Crippen LogP contribution is 2.27. The molecule has 1 saturated heterocycles. The lowest BCUT2D eigenvalue weighted by Crippen LogP contribution is -2.38. The molecule has 0 bridgehead atoms. The Hall–Kier alpha value is -0.860. The third-order valence-corrected chi connectivity index (χ3v) is 5.25. The highest BCUT2D eigenvalue weighted by atomic mass is 79.9. The molecule has 0 saturated carbocycles. The molecule has 1 aliphatic heterocycles. The van der Waals surface area contributed by atoms with Crippen LogP contribution in [0.4, 0.5) is 0 Å². The first-order valence-corrected chi connectivity index (χ1v) is 8.77. The van der Waals surface area contributed by atoms with Crippen LogP contribution in [-0.4, -0.2) is 31.8 Å². The first-order valence-electron chi connectivity index (χ1n) is 6.44. The van der Waals surface area contributed by atoms with Crippen molar-refractivity contribution in [2.45, 2.75) is 43.5 Å². The predicted octanol–water partition coefficient (Wildman–Crippen LogP) is 2.09. The topological polar surface area (TPSA) is 93.6 Å². The van der Waals surface area contributed by atoms with E-state index in [0.717, 1.165) is 25.7 Å². The Balaban J connectivity index is 2.29. The van der Waals surface area contributed by atoms with Gasteiger partial charge in [-0.25, -0.2) is 13.6 Å². The van der Waals surface area contributed by atoms with Crippen molar-refractivity contribution in [3.8, 4) is 0 Å². The summed E-state index contributed by atoms with van der Waals surface area (Å²) in [5, 5.41) is 5.06. The first-order chi connectivity index (χ1) is 9.30. The number of hydrogen-bond donors (Lipinski definition) is 1. The van der Waals surface area contributed by atoms with E-state index in [2.05, 4.69) is 15.9 Å². The third kappa shape index (κ3) is 3.24. The van der Waals surface area contributed by atoms with Gasteiger partial charge in [0.05, 0.1) is 0 Å². The van der Waals surface area contributed by atoms with E-state index >= 15 is 0 Å². The van der Waals surface area contributed by atoms with Crippen molar-refractivity contribution in [3.63, 3.8) is 0 Å². The number of primary sulfonamides is 1. The van der Waals surface area contributed by atoms with Gasteiger partial charge in [-0.3, -0.25) is 4.79 Å². The molecule has 2 N–H and O–H groups in total. The maximum absolute atomic E-state index is 12.4. The number of furan rings is 1. The summed E-state index contributed by atoms with van der Waals surface area (Å²) in [6, 6.07) is 1.30. The lowest BCUT2D eigenvalue weighted by molar-refractivity contribution is 0.0664. The Labute approximate surface area is 126 Å². The number of nitrogens with zero attached hydrogens (tertiary/aromatic N) is 1. The molecule has 1 fully saturated rings. The highest BCUT2D eigenvalue weighted by molar-refractivity contribution is 9.10. The van der Waals surface area contributed by atoms with Gasteiger partial charge in [0.25, 0.3) is 5.91 Å². The fourth-order valence-corrected chi connectivity index (χ4v) is 3.87. The van der Waals surface area contributed by atoms with Crippen molar-refractivity contribution in [2.24, 2.45) is 5.14 Å². The summed E-state index contributed by atoms with van der Waals surface area (Å²) in [4.78, 5) is 14.0. The Morgan fingerprint density at radius 3 is 2.75 bits per heavy atom. The van der Waals surface area contributed by atoms with Crippen LogP contribution in [0.15, 0.2) is 20.0 Å². The second-order valence-corrected chi connectivity index (χ2v) is 7.24. The number of carbonyl (C=O) groups excluding carboxylic acids is 1. The van der Waals surface area contributed by atoms with Crippen LogP contribution in [0.25, 0.3) is 0 Å². The van der Waals surface area contributed by atoms with Crippen molar-refractivity contribution in [1.29, 1.82) is 0 Å². The monoisotopic (exact) mass is 364 g/mol. The van der Waals surface area contributed by atoms with Crippen molar-refractivity contribution in [1.82, 2.24) is 4.90 Å². The van der Waals surface area contributed by atoms with Gasteiger partial charge in [-0.1, -0.05) is 12.8 Å². The van der Waals surface area contributed by atoms with Crippen LogP contribution in [-0.2, 0) is 10.0 Å². The van der Waals surface area contributed by atoms with E-state index in [1.54, 1.807) is 4.90 Å². The summed E-state index contributed by atoms with van der Waals surface area (Å²) >= 11 is 2.98. The van der Waals surface area contributed by atoms with Gasteiger partial charge in [-0.15, -0.1) is 0 Å².